The maximum atomic E-state index is 4.88. The van der Waals surface area contributed by atoms with Crippen LogP contribution in [0.4, 0.5) is 0 Å². The van der Waals surface area contributed by atoms with Crippen LogP contribution in [0.3, 0.4) is 0 Å². The van der Waals surface area contributed by atoms with Gasteiger partial charge in [0.2, 0.25) is 0 Å². The third-order valence-electron chi connectivity index (χ3n) is 4.13. The molecule has 0 fully saturated rings. The summed E-state index contributed by atoms with van der Waals surface area (Å²) in [5.41, 5.74) is 6.80. The number of benzene rings is 1. The van der Waals surface area contributed by atoms with Gasteiger partial charge >= 0.3 is 0 Å². The predicted octanol–water partition coefficient (Wildman–Crippen LogP) is 3.13. The van der Waals surface area contributed by atoms with Gasteiger partial charge in [-0.15, -0.1) is 0 Å². The van der Waals surface area contributed by atoms with Gasteiger partial charge in [-0.25, -0.2) is 0 Å². The van der Waals surface area contributed by atoms with Crippen molar-refractivity contribution < 1.29 is 0 Å². The zero-order chi connectivity index (χ0) is 15.2. The number of rotatable bonds is 7. The molecule has 0 amide bonds. The normalized spacial score (nSPS) is 11.0. The van der Waals surface area contributed by atoms with Crippen molar-refractivity contribution >= 4 is 0 Å². The summed E-state index contributed by atoms with van der Waals surface area (Å²) in [6.45, 7) is 8.49. The van der Waals surface area contributed by atoms with Crippen LogP contribution in [0.2, 0.25) is 0 Å². The Morgan fingerprint density at radius 2 is 1.90 bits per heavy atom. The average Bonchev–Trinajstić information content (AvgIpc) is 2.84. The maximum Gasteiger partial charge on any atom is 0.0665 e. The third-order valence-corrected chi connectivity index (χ3v) is 4.13. The molecule has 0 radical (unpaired) electrons. The Bertz CT molecular complexity index is 584. The first-order valence-corrected chi connectivity index (χ1v) is 7.97. The quantitative estimate of drug-likeness (QED) is 0.847. The van der Waals surface area contributed by atoms with Gasteiger partial charge in [0.05, 0.1) is 12.2 Å². The second kappa shape index (κ2) is 7.41. The first-order chi connectivity index (χ1) is 10.2. The van der Waals surface area contributed by atoms with E-state index in [1.54, 1.807) is 0 Å². The fraction of sp³-hybridized carbons (Fsp3) is 0.500. The van der Waals surface area contributed by atoms with E-state index in [4.69, 9.17) is 5.10 Å². The summed E-state index contributed by atoms with van der Waals surface area (Å²) in [6.07, 6.45) is 3.11. The van der Waals surface area contributed by atoms with Crippen molar-refractivity contribution in [3.8, 4) is 0 Å². The zero-order valence-electron chi connectivity index (χ0n) is 13.7. The summed E-state index contributed by atoms with van der Waals surface area (Å²) in [7, 11) is 2.01. The molecule has 2 aromatic rings. The minimum absolute atomic E-state index is 0.877. The predicted molar refractivity (Wildman–Crippen MR) is 88.9 cm³/mol. The molecule has 0 bridgehead atoms. The van der Waals surface area contributed by atoms with E-state index < -0.39 is 0 Å². The van der Waals surface area contributed by atoms with Crippen molar-refractivity contribution in [2.45, 2.75) is 46.6 Å². The SMILES string of the molecule is CCc1nn(Cc2ccccc2C)c(CC)c1CCNC. The van der Waals surface area contributed by atoms with Crippen LogP contribution in [0.5, 0.6) is 0 Å². The molecule has 0 aliphatic heterocycles. The number of hydrogen-bond donors (Lipinski definition) is 1. The van der Waals surface area contributed by atoms with Gasteiger partial charge in [-0.05, 0) is 56.5 Å². The first kappa shape index (κ1) is 15.8. The van der Waals surface area contributed by atoms with Crippen molar-refractivity contribution in [2.75, 3.05) is 13.6 Å². The summed E-state index contributed by atoms with van der Waals surface area (Å²) in [5, 5.41) is 8.13. The highest BCUT2D eigenvalue weighted by Gasteiger charge is 2.15. The minimum atomic E-state index is 0.877. The molecule has 1 aromatic carbocycles. The number of hydrogen-bond acceptors (Lipinski definition) is 2. The Morgan fingerprint density at radius 1 is 1.14 bits per heavy atom. The van der Waals surface area contributed by atoms with E-state index in [0.717, 1.165) is 32.4 Å². The van der Waals surface area contributed by atoms with Gasteiger partial charge < -0.3 is 5.32 Å². The molecule has 0 atom stereocenters. The van der Waals surface area contributed by atoms with Gasteiger partial charge in [-0.1, -0.05) is 38.1 Å². The third kappa shape index (κ3) is 3.53. The van der Waals surface area contributed by atoms with E-state index in [0.29, 0.717) is 0 Å². The standard InChI is InChI=1S/C18H27N3/c1-5-17-16(11-12-19-4)18(6-2)21(20-17)13-15-10-8-7-9-14(15)3/h7-10,19H,5-6,11-13H2,1-4H3. The second-order valence-electron chi connectivity index (χ2n) is 5.52. The largest absolute Gasteiger partial charge is 0.319 e. The zero-order valence-corrected chi connectivity index (χ0v) is 13.7. The minimum Gasteiger partial charge on any atom is -0.319 e. The molecule has 3 nitrogen and oxygen atoms in total. The lowest BCUT2D eigenvalue weighted by Crippen LogP contribution is -2.13. The molecule has 1 heterocycles. The van der Waals surface area contributed by atoms with Crippen molar-refractivity contribution in [3.63, 3.8) is 0 Å². The Balaban J connectivity index is 2.35. The number of likely N-dealkylation sites (N-methyl/N-ethyl adjacent to an activating group) is 1. The van der Waals surface area contributed by atoms with Crippen LogP contribution >= 0.6 is 0 Å². The van der Waals surface area contributed by atoms with Crippen LogP contribution in [0, 0.1) is 6.92 Å². The van der Waals surface area contributed by atoms with Crippen LogP contribution in [0.15, 0.2) is 24.3 Å². The van der Waals surface area contributed by atoms with Crippen LogP contribution < -0.4 is 5.32 Å². The van der Waals surface area contributed by atoms with Crippen LogP contribution in [0.1, 0.15) is 41.9 Å². The summed E-state index contributed by atoms with van der Waals surface area (Å²) >= 11 is 0. The first-order valence-electron chi connectivity index (χ1n) is 7.97. The van der Waals surface area contributed by atoms with Crippen LogP contribution in [-0.2, 0) is 25.8 Å². The molecule has 0 spiro atoms. The van der Waals surface area contributed by atoms with E-state index in [-0.39, 0.29) is 0 Å². The van der Waals surface area contributed by atoms with E-state index >= 15 is 0 Å². The Hall–Kier alpha value is -1.61. The number of nitrogens with one attached hydrogen (secondary N) is 1. The molecule has 2 rings (SSSR count). The maximum absolute atomic E-state index is 4.88. The molecule has 1 N–H and O–H groups in total. The molecular weight excluding hydrogens is 258 g/mol. The monoisotopic (exact) mass is 285 g/mol. The Labute approximate surface area is 128 Å². The van der Waals surface area contributed by atoms with Gasteiger partial charge in [-0.3, -0.25) is 4.68 Å². The molecule has 0 saturated carbocycles. The smallest absolute Gasteiger partial charge is 0.0665 e. The molecule has 0 aliphatic carbocycles. The number of nitrogens with zero attached hydrogens (tertiary/aromatic N) is 2. The van der Waals surface area contributed by atoms with Crippen molar-refractivity contribution in [1.82, 2.24) is 15.1 Å². The summed E-state index contributed by atoms with van der Waals surface area (Å²) < 4.78 is 2.21. The molecule has 21 heavy (non-hydrogen) atoms. The highest BCUT2D eigenvalue weighted by molar-refractivity contribution is 5.30. The fourth-order valence-electron chi connectivity index (χ4n) is 2.89. The molecule has 1 aromatic heterocycles. The Kier molecular flexibility index (Phi) is 5.57. The Morgan fingerprint density at radius 3 is 2.52 bits per heavy atom. The average molecular weight is 285 g/mol. The van der Waals surface area contributed by atoms with Crippen molar-refractivity contribution in [3.05, 3.63) is 52.3 Å². The molecule has 114 valence electrons. The van der Waals surface area contributed by atoms with Gasteiger partial charge in [0.1, 0.15) is 0 Å². The molecule has 0 saturated heterocycles. The van der Waals surface area contributed by atoms with Gasteiger partial charge in [0.15, 0.2) is 0 Å². The molecule has 0 unspecified atom stereocenters. The highest BCUT2D eigenvalue weighted by atomic mass is 15.3. The number of aryl methyl sites for hydroxylation is 2. The van der Waals surface area contributed by atoms with Gasteiger partial charge in [-0.2, -0.15) is 5.10 Å². The van der Waals surface area contributed by atoms with Crippen LogP contribution in [-0.4, -0.2) is 23.4 Å². The van der Waals surface area contributed by atoms with E-state index in [9.17, 15) is 0 Å². The number of aromatic nitrogens is 2. The molecule has 0 aliphatic rings. The molecule has 3 heteroatoms. The van der Waals surface area contributed by atoms with E-state index in [1.807, 2.05) is 7.05 Å². The summed E-state index contributed by atoms with van der Waals surface area (Å²) in [4.78, 5) is 0. The second-order valence-corrected chi connectivity index (χ2v) is 5.52. The lowest BCUT2D eigenvalue weighted by atomic mass is 10.1. The van der Waals surface area contributed by atoms with E-state index in [2.05, 4.69) is 55.0 Å². The highest BCUT2D eigenvalue weighted by Crippen LogP contribution is 2.19. The van der Waals surface area contributed by atoms with Crippen molar-refractivity contribution in [2.24, 2.45) is 0 Å². The van der Waals surface area contributed by atoms with Gasteiger partial charge in [0.25, 0.3) is 0 Å². The lowest BCUT2D eigenvalue weighted by molar-refractivity contribution is 0.636. The van der Waals surface area contributed by atoms with E-state index in [1.165, 1.54) is 28.1 Å². The lowest BCUT2D eigenvalue weighted by Gasteiger charge is -2.10. The summed E-state index contributed by atoms with van der Waals surface area (Å²) in [6, 6.07) is 8.58. The van der Waals surface area contributed by atoms with Gasteiger partial charge in [0, 0.05) is 5.69 Å². The topological polar surface area (TPSA) is 29.9 Å². The summed E-state index contributed by atoms with van der Waals surface area (Å²) in [5.74, 6) is 0. The van der Waals surface area contributed by atoms with Crippen molar-refractivity contribution in [1.29, 1.82) is 0 Å². The van der Waals surface area contributed by atoms with Crippen LogP contribution in [0.25, 0.3) is 0 Å². The fourth-order valence-corrected chi connectivity index (χ4v) is 2.89. The molecular formula is C18H27N3.